The fraction of sp³-hybridized carbons (Fsp3) is 0.375. The Labute approximate surface area is 126 Å². The molecule has 2 rings (SSSR count). The fourth-order valence-corrected chi connectivity index (χ4v) is 1.84. The van der Waals surface area contributed by atoms with Crippen LogP contribution < -0.4 is 16.0 Å². The van der Waals surface area contributed by atoms with Crippen molar-refractivity contribution in [3.05, 3.63) is 36.4 Å². The summed E-state index contributed by atoms with van der Waals surface area (Å²) in [6.07, 6.45) is 2.12. The molecule has 21 heavy (non-hydrogen) atoms. The third kappa shape index (κ3) is 4.95. The van der Waals surface area contributed by atoms with Gasteiger partial charge in [-0.2, -0.15) is 9.97 Å². The number of benzene rings is 1. The fourth-order valence-electron chi connectivity index (χ4n) is 1.84. The topological polar surface area (TPSA) is 61.9 Å². The van der Waals surface area contributed by atoms with Crippen LogP contribution in [-0.4, -0.2) is 23.1 Å². The van der Waals surface area contributed by atoms with E-state index in [1.807, 2.05) is 36.4 Å². The van der Waals surface area contributed by atoms with Gasteiger partial charge in [0, 0.05) is 24.8 Å². The molecule has 0 aliphatic carbocycles. The van der Waals surface area contributed by atoms with Crippen molar-refractivity contribution in [3.8, 4) is 0 Å². The van der Waals surface area contributed by atoms with Crippen LogP contribution in [0.5, 0.6) is 0 Å². The first kappa shape index (κ1) is 15.1. The van der Waals surface area contributed by atoms with Gasteiger partial charge in [0.15, 0.2) is 0 Å². The quantitative estimate of drug-likeness (QED) is 0.687. The summed E-state index contributed by atoms with van der Waals surface area (Å²) in [4.78, 5) is 9.00. The van der Waals surface area contributed by atoms with Crippen LogP contribution in [0.15, 0.2) is 36.4 Å². The van der Waals surface area contributed by atoms with Gasteiger partial charge >= 0.3 is 0 Å². The van der Waals surface area contributed by atoms with E-state index < -0.39 is 0 Å². The summed E-state index contributed by atoms with van der Waals surface area (Å²) in [7, 11) is 0. The molecule has 1 aromatic carbocycles. The van der Waals surface area contributed by atoms with Crippen LogP contribution >= 0.6 is 0 Å². The van der Waals surface area contributed by atoms with Crippen molar-refractivity contribution in [2.24, 2.45) is 0 Å². The predicted molar refractivity (Wildman–Crippen MR) is 89.3 cm³/mol. The lowest BCUT2D eigenvalue weighted by Crippen LogP contribution is -2.09. The van der Waals surface area contributed by atoms with Crippen LogP contribution in [0, 0.1) is 0 Å². The number of hydrogen-bond donors (Lipinski definition) is 3. The van der Waals surface area contributed by atoms with E-state index in [4.69, 9.17) is 0 Å². The summed E-state index contributed by atoms with van der Waals surface area (Å²) in [5.74, 6) is 2.27. The zero-order valence-electron chi connectivity index (χ0n) is 12.7. The molecule has 0 aliphatic heterocycles. The monoisotopic (exact) mass is 285 g/mol. The minimum absolute atomic E-state index is 0.598. The van der Waals surface area contributed by atoms with Crippen LogP contribution in [0.3, 0.4) is 0 Å². The normalized spacial score (nSPS) is 10.2. The smallest absolute Gasteiger partial charge is 0.231 e. The molecule has 1 heterocycles. The Morgan fingerprint density at radius 2 is 1.43 bits per heavy atom. The maximum atomic E-state index is 4.50. The lowest BCUT2D eigenvalue weighted by Gasteiger charge is -2.11. The minimum Gasteiger partial charge on any atom is -0.370 e. The van der Waals surface area contributed by atoms with Crippen molar-refractivity contribution in [2.45, 2.75) is 26.7 Å². The van der Waals surface area contributed by atoms with E-state index in [0.29, 0.717) is 5.95 Å². The van der Waals surface area contributed by atoms with Gasteiger partial charge in [-0.1, -0.05) is 32.0 Å². The third-order valence-electron chi connectivity index (χ3n) is 2.87. The largest absolute Gasteiger partial charge is 0.370 e. The van der Waals surface area contributed by atoms with Crippen molar-refractivity contribution < 1.29 is 0 Å². The summed E-state index contributed by atoms with van der Waals surface area (Å²) >= 11 is 0. The maximum absolute atomic E-state index is 4.50. The van der Waals surface area contributed by atoms with Gasteiger partial charge in [-0.25, -0.2) is 0 Å². The molecule has 5 nitrogen and oxygen atoms in total. The molecule has 2 aromatic rings. The Hall–Kier alpha value is -2.30. The molecule has 0 aliphatic rings. The molecule has 5 heteroatoms. The van der Waals surface area contributed by atoms with Crippen LogP contribution in [0.25, 0.3) is 0 Å². The van der Waals surface area contributed by atoms with Crippen LogP contribution in [0.4, 0.5) is 23.3 Å². The molecular formula is C16H23N5. The molecule has 0 amide bonds. The van der Waals surface area contributed by atoms with E-state index in [2.05, 4.69) is 39.8 Å². The van der Waals surface area contributed by atoms with E-state index >= 15 is 0 Å². The van der Waals surface area contributed by atoms with E-state index in [0.717, 1.165) is 43.3 Å². The number of para-hydroxylation sites is 1. The van der Waals surface area contributed by atoms with Crippen molar-refractivity contribution in [1.82, 2.24) is 9.97 Å². The molecule has 0 bridgehead atoms. The molecule has 0 spiro atoms. The Morgan fingerprint density at radius 3 is 1.95 bits per heavy atom. The highest BCUT2D eigenvalue weighted by Crippen LogP contribution is 2.18. The summed E-state index contributed by atoms with van der Waals surface area (Å²) in [6.45, 7) is 6.06. The highest BCUT2D eigenvalue weighted by Gasteiger charge is 2.04. The number of nitrogens with zero attached hydrogens (tertiary/aromatic N) is 2. The molecule has 0 fully saturated rings. The number of nitrogens with one attached hydrogen (secondary N) is 3. The summed E-state index contributed by atoms with van der Waals surface area (Å²) in [5, 5.41) is 9.85. The molecule has 0 unspecified atom stereocenters. The van der Waals surface area contributed by atoms with E-state index in [-0.39, 0.29) is 0 Å². The average Bonchev–Trinajstić information content (AvgIpc) is 2.52. The van der Waals surface area contributed by atoms with Crippen molar-refractivity contribution >= 4 is 23.3 Å². The molecule has 112 valence electrons. The average molecular weight is 285 g/mol. The SMILES string of the molecule is CCCNc1cc(NCCC)nc(Nc2ccccc2)n1. The highest BCUT2D eigenvalue weighted by molar-refractivity contribution is 5.58. The van der Waals surface area contributed by atoms with Crippen LogP contribution in [-0.2, 0) is 0 Å². The van der Waals surface area contributed by atoms with Crippen molar-refractivity contribution in [2.75, 3.05) is 29.0 Å². The highest BCUT2D eigenvalue weighted by atomic mass is 15.2. The summed E-state index contributed by atoms with van der Waals surface area (Å²) in [6, 6.07) is 11.9. The second-order valence-corrected chi connectivity index (χ2v) is 4.81. The lowest BCUT2D eigenvalue weighted by atomic mass is 10.3. The van der Waals surface area contributed by atoms with E-state index in [1.165, 1.54) is 0 Å². The molecule has 0 saturated carbocycles. The van der Waals surface area contributed by atoms with Gasteiger partial charge in [-0.05, 0) is 25.0 Å². The number of hydrogen-bond acceptors (Lipinski definition) is 5. The van der Waals surface area contributed by atoms with Crippen molar-refractivity contribution in [1.29, 1.82) is 0 Å². The Balaban J connectivity index is 2.17. The molecular weight excluding hydrogens is 262 g/mol. The zero-order valence-corrected chi connectivity index (χ0v) is 12.7. The lowest BCUT2D eigenvalue weighted by molar-refractivity contribution is 0.953. The standard InChI is InChI=1S/C16H23N5/c1-3-10-17-14-12-15(18-11-4-2)21-16(20-14)19-13-8-6-5-7-9-13/h5-9,12H,3-4,10-11H2,1-2H3,(H3,17,18,19,20,21). The van der Waals surface area contributed by atoms with Gasteiger partial charge < -0.3 is 16.0 Å². The molecule has 1 aromatic heterocycles. The minimum atomic E-state index is 0.598. The Bertz CT molecular complexity index is 515. The second-order valence-electron chi connectivity index (χ2n) is 4.81. The number of anilines is 4. The van der Waals surface area contributed by atoms with Crippen molar-refractivity contribution in [3.63, 3.8) is 0 Å². The van der Waals surface area contributed by atoms with Gasteiger partial charge in [-0.15, -0.1) is 0 Å². The summed E-state index contributed by atoms with van der Waals surface area (Å²) < 4.78 is 0. The third-order valence-corrected chi connectivity index (χ3v) is 2.87. The van der Waals surface area contributed by atoms with E-state index in [9.17, 15) is 0 Å². The van der Waals surface area contributed by atoms with Gasteiger partial charge in [0.25, 0.3) is 0 Å². The van der Waals surface area contributed by atoms with Gasteiger partial charge in [0.1, 0.15) is 11.6 Å². The first-order valence-electron chi connectivity index (χ1n) is 7.50. The van der Waals surface area contributed by atoms with Gasteiger partial charge in [0.05, 0.1) is 0 Å². The second kappa shape index (κ2) is 8.09. The zero-order chi connectivity index (χ0) is 14.9. The van der Waals surface area contributed by atoms with Crippen LogP contribution in [0.2, 0.25) is 0 Å². The van der Waals surface area contributed by atoms with Gasteiger partial charge in [-0.3, -0.25) is 0 Å². The molecule has 0 atom stereocenters. The Kier molecular flexibility index (Phi) is 5.82. The first-order valence-corrected chi connectivity index (χ1v) is 7.50. The molecule has 0 radical (unpaired) electrons. The number of rotatable bonds is 8. The Morgan fingerprint density at radius 1 is 0.857 bits per heavy atom. The van der Waals surface area contributed by atoms with E-state index in [1.54, 1.807) is 0 Å². The molecule has 0 saturated heterocycles. The van der Waals surface area contributed by atoms with Gasteiger partial charge in [0.2, 0.25) is 5.95 Å². The first-order chi connectivity index (χ1) is 10.3. The summed E-state index contributed by atoms with van der Waals surface area (Å²) in [5.41, 5.74) is 0.978. The van der Waals surface area contributed by atoms with Crippen LogP contribution in [0.1, 0.15) is 26.7 Å². The number of aromatic nitrogens is 2. The predicted octanol–water partition coefficient (Wildman–Crippen LogP) is 3.86. The molecule has 3 N–H and O–H groups in total. The maximum Gasteiger partial charge on any atom is 0.231 e.